The summed E-state index contributed by atoms with van der Waals surface area (Å²) in [6.07, 6.45) is 0.00324. The summed E-state index contributed by atoms with van der Waals surface area (Å²) in [5, 5.41) is 0.964. The van der Waals surface area contributed by atoms with Crippen molar-refractivity contribution < 1.29 is 13.3 Å². The molecule has 1 aromatic carbocycles. The summed E-state index contributed by atoms with van der Waals surface area (Å²) in [5.41, 5.74) is -0.520. The highest BCUT2D eigenvalue weighted by Gasteiger charge is 2.49. The minimum atomic E-state index is -3.04. The predicted octanol–water partition coefficient (Wildman–Crippen LogP) is 3.72. The summed E-state index contributed by atoms with van der Waals surface area (Å²) in [6, 6.07) is 9.92. The minimum absolute atomic E-state index is 0.00162. The van der Waals surface area contributed by atoms with Crippen molar-refractivity contribution in [2.24, 2.45) is 0 Å². The van der Waals surface area contributed by atoms with Crippen molar-refractivity contribution in [2.45, 2.75) is 59.4 Å². The molecular formula is C16H27ClO3Si. The summed E-state index contributed by atoms with van der Waals surface area (Å²) >= 11 is 6.05. The molecule has 0 heterocycles. The van der Waals surface area contributed by atoms with Crippen molar-refractivity contribution in [3.05, 3.63) is 30.3 Å². The summed E-state index contributed by atoms with van der Waals surface area (Å²) in [6.45, 7) is 11.9. The normalized spacial score (nSPS) is 13.2. The van der Waals surface area contributed by atoms with Crippen molar-refractivity contribution in [3.8, 4) is 0 Å². The number of benzene rings is 1. The van der Waals surface area contributed by atoms with Gasteiger partial charge in [-0.05, 0) is 41.5 Å². The maximum atomic E-state index is 6.34. The molecule has 0 fully saturated rings. The van der Waals surface area contributed by atoms with Gasteiger partial charge < -0.3 is 13.3 Å². The van der Waals surface area contributed by atoms with E-state index in [1.165, 1.54) is 0 Å². The fraction of sp³-hybridized carbons (Fsp3) is 0.625. The van der Waals surface area contributed by atoms with Gasteiger partial charge in [0.15, 0.2) is 0 Å². The van der Waals surface area contributed by atoms with Gasteiger partial charge in [0.2, 0.25) is 0 Å². The molecule has 0 aliphatic heterocycles. The molecule has 0 saturated carbocycles. The second kappa shape index (κ2) is 7.74. The predicted molar refractivity (Wildman–Crippen MR) is 90.2 cm³/mol. The minimum Gasteiger partial charge on any atom is -0.367 e. The number of hydrogen-bond acceptors (Lipinski definition) is 3. The van der Waals surface area contributed by atoms with Crippen LogP contribution in [0.15, 0.2) is 30.3 Å². The van der Waals surface area contributed by atoms with Crippen LogP contribution in [0.2, 0.25) is 0 Å². The van der Waals surface area contributed by atoms with Crippen LogP contribution in [-0.2, 0) is 13.3 Å². The molecule has 1 rings (SSSR count). The Morgan fingerprint density at radius 2 is 1.48 bits per heavy atom. The van der Waals surface area contributed by atoms with Crippen LogP contribution < -0.4 is 5.19 Å². The molecule has 21 heavy (non-hydrogen) atoms. The lowest BCUT2D eigenvalue weighted by Gasteiger charge is -2.38. The SMILES string of the molecule is CC(C)O[Si](OC(C)C)(OC(C)(C)CCl)c1ccccc1. The van der Waals surface area contributed by atoms with E-state index >= 15 is 0 Å². The molecule has 3 nitrogen and oxygen atoms in total. The number of hydrogen-bond donors (Lipinski definition) is 0. The number of alkyl halides is 1. The van der Waals surface area contributed by atoms with E-state index in [2.05, 4.69) is 0 Å². The Hall–Kier alpha value is -0.393. The smallest absolute Gasteiger partial charge is 0.367 e. The molecule has 120 valence electrons. The Kier molecular flexibility index (Phi) is 6.88. The molecule has 0 aromatic heterocycles. The van der Waals surface area contributed by atoms with Gasteiger partial charge in [-0.2, -0.15) is 0 Å². The molecule has 5 heteroatoms. The lowest BCUT2D eigenvalue weighted by Crippen LogP contribution is -2.62. The Morgan fingerprint density at radius 1 is 1.00 bits per heavy atom. The van der Waals surface area contributed by atoms with E-state index in [4.69, 9.17) is 24.9 Å². The van der Waals surface area contributed by atoms with Crippen LogP contribution in [0, 0.1) is 0 Å². The van der Waals surface area contributed by atoms with Crippen molar-refractivity contribution in [1.29, 1.82) is 0 Å². The van der Waals surface area contributed by atoms with Gasteiger partial charge >= 0.3 is 8.80 Å². The molecule has 0 aliphatic carbocycles. The number of rotatable bonds is 8. The quantitative estimate of drug-likeness (QED) is 0.537. The van der Waals surface area contributed by atoms with Crippen LogP contribution in [0.4, 0.5) is 0 Å². The second-order valence-corrected chi connectivity index (χ2v) is 8.88. The molecule has 0 bridgehead atoms. The van der Waals surface area contributed by atoms with E-state index in [-0.39, 0.29) is 12.2 Å². The van der Waals surface area contributed by atoms with Crippen molar-refractivity contribution >= 4 is 25.6 Å². The van der Waals surface area contributed by atoms with Crippen molar-refractivity contribution in [2.75, 3.05) is 5.88 Å². The van der Waals surface area contributed by atoms with Crippen LogP contribution in [0.3, 0.4) is 0 Å². The topological polar surface area (TPSA) is 27.7 Å². The summed E-state index contributed by atoms with van der Waals surface area (Å²) in [7, 11) is -3.04. The first-order chi connectivity index (χ1) is 9.71. The fourth-order valence-electron chi connectivity index (χ4n) is 1.92. The first-order valence-electron chi connectivity index (χ1n) is 7.38. The van der Waals surface area contributed by atoms with Crippen LogP contribution in [0.5, 0.6) is 0 Å². The van der Waals surface area contributed by atoms with Crippen molar-refractivity contribution in [3.63, 3.8) is 0 Å². The highest BCUT2D eigenvalue weighted by molar-refractivity contribution is 6.75. The zero-order valence-electron chi connectivity index (χ0n) is 13.9. The number of halogens is 1. The largest absolute Gasteiger partial charge is 0.538 e. The molecule has 0 saturated heterocycles. The lowest BCUT2D eigenvalue weighted by atomic mass is 10.2. The van der Waals surface area contributed by atoms with E-state index in [0.29, 0.717) is 5.88 Å². The molecule has 0 radical (unpaired) electrons. The molecule has 0 aliphatic rings. The summed E-state index contributed by atoms with van der Waals surface area (Å²) < 4.78 is 18.8. The fourth-order valence-corrected chi connectivity index (χ4v) is 5.25. The van der Waals surface area contributed by atoms with E-state index in [1.54, 1.807) is 0 Å². The second-order valence-electron chi connectivity index (χ2n) is 6.25. The molecule has 0 N–H and O–H groups in total. The Balaban J connectivity index is 3.27. The zero-order chi connectivity index (χ0) is 16.1. The summed E-state index contributed by atoms with van der Waals surface area (Å²) in [4.78, 5) is 0. The van der Waals surface area contributed by atoms with Crippen LogP contribution >= 0.6 is 11.6 Å². The van der Waals surface area contributed by atoms with Gasteiger partial charge in [0.05, 0.1) is 5.60 Å². The lowest BCUT2D eigenvalue weighted by molar-refractivity contribution is -0.0176. The first-order valence-corrected chi connectivity index (χ1v) is 9.64. The highest BCUT2D eigenvalue weighted by atomic mass is 35.5. The standard InChI is InChI=1S/C16H27ClO3Si/c1-13(2)18-21(19-14(3)4,20-16(5,6)12-17)15-10-8-7-9-11-15/h7-11,13-14H,12H2,1-6H3. The van der Waals surface area contributed by atoms with Crippen LogP contribution in [0.25, 0.3) is 0 Å². The Labute approximate surface area is 134 Å². The molecule has 0 spiro atoms. The monoisotopic (exact) mass is 330 g/mol. The van der Waals surface area contributed by atoms with Gasteiger partial charge in [0.25, 0.3) is 0 Å². The van der Waals surface area contributed by atoms with Gasteiger partial charge in [-0.1, -0.05) is 30.3 Å². The third-order valence-corrected chi connectivity index (χ3v) is 6.71. The van der Waals surface area contributed by atoms with Gasteiger partial charge in [-0.25, -0.2) is 0 Å². The van der Waals surface area contributed by atoms with Crippen LogP contribution in [0.1, 0.15) is 41.5 Å². The first kappa shape index (κ1) is 18.7. The van der Waals surface area contributed by atoms with E-state index < -0.39 is 14.4 Å². The highest BCUT2D eigenvalue weighted by Crippen LogP contribution is 2.24. The molecular weight excluding hydrogens is 304 g/mol. The molecule has 0 atom stereocenters. The maximum Gasteiger partial charge on any atom is 0.538 e. The zero-order valence-corrected chi connectivity index (χ0v) is 15.6. The third-order valence-electron chi connectivity index (χ3n) is 2.64. The Bertz CT molecular complexity index is 411. The average molecular weight is 331 g/mol. The molecule has 0 amide bonds. The van der Waals surface area contributed by atoms with E-state index in [0.717, 1.165) is 5.19 Å². The van der Waals surface area contributed by atoms with Gasteiger partial charge in [0, 0.05) is 23.3 Å². The van der Waals surface area contributed by atoms with Crippen LogP contribution in [-0.4, -0.2) is 32.5 Å². The van der Waals surface area contributed by atoms with Crippen molar-refractivity contribution in [1.82, 2.24) is 0 Å². The van der Waals surface area contributed by atoms with Gasteiger partial charge in [-0.15, -0.1) is 11.6 Å². The van der Waals surface area contributed by atoms with Gasteiger partial charge in [0.1, 0.15) is 0 Å². The van der Waals surface area contributed by atoms with E-state index in [1.807, 2.05) is 71.9 Å². The molecule has 0 unspecified atom stereocenters. The summed E-state index contributed by atoms with van der Waals surface area (Å²) in [5.74, 6) is 0.373. The molecule has 1 aromatic rings. The average Bonchev–Trinajstić information content (AvgIpc) is 2.37. The maximum absolute atomic E-state index is 6.34. The van der Waals surface area contributed by atoms with Gasteiger partial charge in [-0.3, -0.25) is 0 Å². The van der Waals surface area contributed by atoms with E-state index in [9.17, 15) is 0 Å². The Morgan fingerprint density at radius 3 is 1.86 bits per heavy atom. The third kappa shape index (κ3) is 5.72.